The highest BCUT2D eigenvalue weighted by molar-refractivity contribution is 5.39. The zero-order valence-electron chi connectivity index (χ0n) is 9.94. The van der Waals surface area contributed by atoms with Crippen molar-refractivity contribution in [2.45, 2.75) is 18.9 Å². The molecule has 0 amide bonds. The predicted molar refractivity (Wildman–Crippen MR) is 65.1 cm³/mol. The van der Waals surface area contributed by atoms with Crippen molar-refractivity contribution in [1.29, 1.82) is 0 Å². The highest BCUT2D eigenvalue weighted by Crippen LogP contribution is 2.18. The lowest BCUT2D eigenvalue weighted by Crippen LogP contribution is -2.30. The number of rotatable bonds is 6. The summed E-state index contributed by atoms with van der Waals surface area (Å²) in [5.74, 6) is 1.62. The third-order valence-corrected chi connectivity index (χ3v) is 2.77. The average Bonchev–Trinajstić information content (AvgIpc) is 3.13. The van der Waals surface area contributed by atoms with Gasteiger partial charge in [0.1, 0.15) is 5.82 Å². The second kappa shape index (κ2) is 5.16. The van der Waals surface area contributed by atoms with Gasteiger partial charge in [-0.1, -0.05) is 6.07 Å². The summed E-state index contributed by atoms with van der Waals surface area (Å²) >= 11 is 0. The maximum Gasteiger partial charge on any atom is 0.214 e. The van der Waals surface area contributed by atoms with Gasteiger partial charge in [0.05, 0.1) is 7.11 Å². The van der Waals surface area contributed by atoms with Gasteiger partial charge in [0.2, 0.25) is 5.88 Å². The second-order valence-electron chi connectivity index (χ2n) is 4.19. The summed E-state index contributed by atoms with van der Waals surface area (Å²) in [5, 5.41) is 3.49. The Morgan fingerprint density at radius 2 is 2.31 bits per heavy atom. The first kappa shape index (κ1) is 11.2. The molecule has 0 saturated heterocycles. The molecule has 0 spiro atoms. The largest absolute Gasteiger partial charge is 0.481 e. The van der Waals surface area contributed by atoms with E-state index in [1.165, 1.54) is 12.8 Å². The number of nitrogens with zero attached hydrogens (tertiary/aromatic N) is 2. The Morgan fingerprint density at radius 1 is 1.50 bits per heavy atom. The van der Waals surface area contributed by atoms with Crippen LogP contribution in [-0.2, 0) is 0 Å². The van der Waals surface area contributed by atoms with Crippen molar-refractivity contribution >= 4 is 5.82 Å². The van der Waals surface area contributed by atoms with Crippen LogP contribution in [0.25, 0.3) is 0 Å². The minimum Gasteiger partial charge on any atom is -0.481 e. The molecule has 0 aliphatic heterocycles. The van der Waals surface area contributed by atoms with Crippen LogP contribution in [0.2, 0.25) is 0 Å². The number of ether oxygens (including phenoxy) is 1. The summed E-state index contributed by atoms with van der Waals surface area (Å²) in [6, 6.07) is 6.59. The number of pyridine rings is 1. The molecule has 1 fully saturated rings. The summed E-state index contributed by atoms with van der Waals surface area (Å²) in [5.41, 5.74) is 0. The lowest BCUT2D eigenvalue weighted by molar-refractivity contribution is 0.398. The fraction of sp³-hybridized carbons (Fsp3) is 0.583. The molecule has 1 saturated carbocycles. The minimum atomic E-state index is 0.666. The van der Waals surface area contributed by atoms with Gasteiger partial charge in [0, 0.05) is 32.2 Å². The van der Waals surface area contributed by atoms with Crippen LogP contribution in [0.5, 0.6) is 5.88 Å². The molecule has 1 heterocycles. The van der Waals surface area contributed by atoms with Crippen LogP contribution in [0.15, 0.2) is 18.2 Å². The first-order chi connectivity index (χ1) is 7.79. The zero-order valence-corrected chi connectivity index (χ0v) is 9.94. The number of hydrogen-bond acceptors (Lipinski definition) is 4. The average molecular weight is 221 g/mol. The molecule has 4 nitrogen and oxygen atoms in total. The van der Waals surface area contributed by atoms with Gasteiger partial charge in [0.15, 0.2) is 0 Å². The SMILES string of the molecule is COc1cccc(N(C)CCNC2CC2)n1. The van der Waals surface area contributed by atoms with Gasteiger partial charge in [-0.3, -0.25) is 0 Å². The Labute approximate surface area is 96.6 Å². The van der Waals surface area contributed by atoms with E-state index in [1.807, 2.05) is 18.2 Å². The first-order valence-corrected chi connectivity index (χ1v) is 5.75. The minimum absolute atomic E-state index is 0.666. The fourth-order valence-corrected chi connectivity index (χ4v) is 1.57. The van der Waals surface area contributed by atoms with E-state index >= 15 is 0 Å². The molecule has 4 heteroatoms. The van der Waals surface area contributed by atoms with Crippen molar-refractivity contribution in [1.82, 2.24) is 10.3 Å². The van der Waals surface area contributed by atoms with Gasteiger partial charge in [-0.15, -0.1) is 0 Å². The van der Waals surface area contributed by atoms with Gasteiger partial charge < -0.3 is 15.0 Å². The monoisotopic (exact) mass is 221 g/mol. The molecule has 0 aromatic carbocycles. The number of hydrogen-bond donors (Lipinski definition) is 1. The maximum atomic E-state index is 5.10. The number of methoxy groups -OCH3 is 1. The van der Waals surface area contributed by atoms with Crippen LogP contribution in [0.3, 0.4) is 0 Å². The maximum absolute atomic E-state index is 5.10. The van der Waals surface area contributed by atoms with Crippen molar-refractivity contribution in [3.63, 3.8) is 0 Å². The van der Waals surface area contributed by atoms with E-state index in [2.05, 4.69) is 22.2 Å². The molecule has 1 aromatic rings. The summed E-state index contributed by atoms with van der Waals surface area (Å²) < 4.78 is 5.10. The first-order valence-electron chi connectivity index (χ1n) is 5.75. The van der Waals surface area contributed by atoms with Gasteiger partial charge in [-0.2, -0.15) is 4.98 Å². The van der Waals surface area contributed by atoms with Gasteiger partial charge in [-0.05, 0) is 18.9 Å². The number of anilines is 1. The molecule has 0 atom stereocenters. The van der Waals surface area contributed by atoms with E-state index in [4.69, 9.17) is 4.74 Å². The van der Waals surface area contributed by atoms with Crippen LogP contribution in [0.1, 0.15) is 12.8 Å². The van der Waals surface area contributed by atoms with Gasteiger partial charge in [-0.25, -0.2) is 0 Å². The Kier molecular flexibility index (Phi) is 3.62. The van der Waals surface area contributed by atoms with E-state index in [0.29, 0.717) is 5.88 Å². The van der Waals surface area contributed by atoms with Gasteiger partial charge >= 0.3 is 0 Å². The van der Waals surface area contributed by atoms with E-state index in [9.17, 15) is 0 Å². The lowest BCUT2D eigenvalue weighted by Gasteiger charge is -2.18. The molecule has 0 unspecified atom stereocenters. The number of nitrogens with one attached hydrogen (secondary N) is 1. The molecule has 16 heavy (non-hydrogen) atoms. The van der Waals surface area contributed by atoms with E-state index < -0.39 is 0 Å². The Bertz CT molecular complexity index is 339. The second-order valence-corrected chi connectivity index (χ2v) is 4.19. The molecule has 88 valence electrons. The van der Waals surface area contributed by atoms with E-state index in [-0.39, 0.29) is 0 Å². The quantitative estimate of drug-likeness (QED) is 0.785. The van der Waals surface area contributed by atoms with Crippen molar-refractivity contribution in [2.24, 2.45) is 0 Å². The Morgan fingerprint density at radius 3 is 3.00 bits per heavy atom. The zero-order chi connectivity index (χ0) is 11.4. The Hall–Kier alpha value is -1.29. The van der Waals surface area contributed by atoms with E-state index in [0.717, 1.165) is 24.9 Å². The van der Waals surface area contributed by atoms with Crippen LogP contribution < -0.4 is 15.0 Å². The lowest BCUT2D eigenvalue weighted by atomic mass is 10.4. The number of aromatic nitrogens is 1. The molecular weight excluding hydrogens is 202 g/mol. The fourth-order valence-electron chi connectivity index (χ4n) is 1.57. The topological polar surface area (TPSA) is 37.4 Å². The van der Waals surface area contributed by atoms with Crippen molar-refractivity contribution < 1.29 is 4.74 Å². The molecule has 1 aliphatic rings. The van der Waals surface area contributed by atoms with Crippen LogP contribution >= 0.6 is 0 Å². The summed E-state index contributed by atoms with van der Waals surface area (Å²) in [6.45, 7) is 1.98. The summed E-state index contributed by atoms with van der Waals surface area (Å²) in [7, 11) is 3.69. The molecule has 2 rings (SSSR count). The number of likely N-dealkylation sites (N-methyl/N-ethyl adjacent to an activating group) is 1. The van der Waals surface area contributed by atoms with Crippen LogP contribution in [0.4, 0.5) is 5.82 Å². The molecule has 0 bridgehead atoms. The van der Waals surface area contributed by atoms with Crippen LogP contribution in [-0.4, -0.2) is 38.3 Å². The van der Waals surface area contributed by atoms with Crippen molar-refractivity contribution in [3.8, 4) is 5.88 Å². The predicted octanol–water partition coefficient (Wildman–Crippen LogP) is 1.28. The molecule has 1 aliphatic carbocycles. The third kappa shape index (κ3) is 3.10. The molecule has 1 aromatic heterocycles. The third-order valence-electron chi connectivity index (χ3n) is 2.77. The summed E-state index contributed by atoms with van der Waals surface area (Å²) in [4.78, 5) is 6.52. The van der Waals surface area contributed by atoms with Gasteiger partial charge in [0.25, 0.3) is 0 Å². The normalized spacial score (nSPS) is 14.9. The standard InChI is InChI=1S/C12H19N3O/c1-15(9-8-13-10-6-7-10)11-4-3-5-12(14-11)16-2/h3-5,10,13H,6-9H2,1-2H3. The molecule has 1 N–H and O–H groups in total. The molecular formula is C12H19N3O. The van der Waals surface area contributed by atoms with Crippen molar-refractivity contribution in [2.75, 3.05) is 32.1 Å². The van der Waals surface area contributed by atoms with Crippen molar-refractivity contribution in [3.05, 3.63) is 18.2 Å². The summed E-state index contributed by atoms with van der Waals surface area (Å²) in [6.07, 6.45) is 2.67. The smallest absolute Gasteiger partial charge is 0.214 e. The highest BCUT2D eigenvalue weighted by atomic mass is 16.5. The van der Waals surface area contributed by atoms with E-state index in [1.54, 1.807) is 7.11 Å². The molecule has 0 radical (unpaired) electrons. The van der Waals surface area contributed by atoms with Crippen LogP contribution in [0, 0.1) is 0 Å². The Balaban J connectivity index is 1.83. The highest BCUT2D eigenvalue weighted by Gasteiger charge is 2.19.